The van der Waals surface area contributed by atoms with Crippen molar-refractivity contribution in [2.24, 2.45) is 0 Å². The van der Waals surface area contributed by atoms with Gasteiger partial charge in [-0.05, 0) is 54.6 Å². The van der Waals surface area contributed by atoms with Gasteiger partial charge in [-0.3, -0.25) is 14.5 Å². The van der Waals surface area contributed by atoms with Crippen molar-refractivity contribution >= 4 is 38.2 Å². The highest BCUT2D eigenvalue weighted by Gasteiger charge is 2.15. The molecule has 0 aliphatic carbocycles. The first-order valence-corrected chi connectivity index (χ1v) is 10.3. The van der Waals surface area contributed by atoms with Gasteiger partial charge in [-0.15, -0.1) is 0 Å². The summed E-state index contributed by atoms with van der Waals surface area (Å²) < 4.78 is 27.5. The van der Waals surface area contributed by atoms with Crippen LogP contribution >= 0.6 is 0 Å². The quantitative estimate of drug-likeness (QED) is 0.520. The molecule has 1 amide bonds. The Bertz CT molecular complexity index is 1290. The number of sulfonamides is 1. The maximum absolute atomic E-state index is 12.6. The fourth-order valence-corrected chi connectivity index (χ4v) is 3.96. The van der Waals surface area contributed by atoms with Crippen molar-refractivity contribution in [1.82, 2.24) is 4.98 Å². The molecule has 4 rings (SSSR count). The monoisotopic (exact) mass is 403 g/mol. The Morgan fingerprint density at radius 3 is 2.45 bits per heavy atom. The average molecular weight is 403 g/mol. The van der Waals surface area contributed by atoms with Crippen LogP contribution in [0.5, 0.6) is 0 Å². The lowest BCUT2D eigenvalue weighted by Crippen LogP contribution is -2.15. The number of pyridine rings is 1. The van der Waals surface area contributed by atoms with E-state index in [1.54, 1.807) is 48.7 Å². The molecule has 0 bridgehead atoms. The fraction of sp³-hybridized carbons (Fsp3) is 0. The Hall–Kier alpha value is -3.71. The molecule has 1 aromatic heterocycles. The van der Waals surface area contributed by atoms with Crippen LogP contribution in [0.2, 0.25) is 0 Å². The predicted octanol–water partition coefficient (Wildman–Crippen LogP) is 4.29. The van der Waals surface area contributed by atoms with E-state index in [0.29, 0.717) is 16.9 Å². The summed E-state index contributed by atoms with van der Waals surface area (Å²) in [5.74, 6) is -0.339. The number of nitrogens with zero attached hydrogens (tertiary/aromatic N) is 1. The second kappa shape index (κ2) is 7.73. The van der Waals surface area contributed by atoms with Crippen LogP contribution < -0.4 is 10.0 Å². The summed E-state index contributed by atoms with van der Waals surface area (Å²) in [6.45, 7) is 0. The maximum Gasteiger partial charge on any atom is 0.261 e. The van der Waals surface area contributed by atoms with Crippen LogP contribution in [0, 0.1) is 0 Å². The van der Waals surface area contributed by atoms with Crippen LogP contribution in [-0.4, -0.2) is 19.3 Å². The molecule has 29 heavy (non-hydrogen) atoms. The number of benzene rings is 3. The number of rotatable bonds is 5. The molecule has 0 saturated heterocycles. The topological polar surface area (TPSA) is 88.2 Å². The lowest BCUT2D eigenvalue weighted by Gasteiger charge is -2.10. The minimum atomic E-state index is -3.73. The van der Waals surface area contributed by atoms with Gasteiger partial charge in [0.1, 0.15) is 0 Å². The minimum Gasteiger partial charge on any atom is -0.322 e. The van der Waals surface area contributed by atoms with Crippen LogP contribution in [0.4, 0.5) is 11.4 Å². The zero-order valence-electron chi connectivity index (χ0n) is 15.2. The van der Waals surface area contributed by atoms with E-state index in [1.807, 2.05) is 24.3 Å². The zero-order chi connectivity index (χ0) is 20.3. The number of hydrogen-bond donors (Lipinski definition) is 2. The SMILES string of the molecule is O=C(Nc1ccc2ncccc2c1)c1cccc(NS(=O)(=O)c2ccccc2)c1. The van der Waals surface area contributed by atoms with Gasteiger partial charge < -0.3 is 5.32 Å². The number of amides is 1. The third-order valence-corrected chi connectivity index (χ3v) is 5.69. The Morgan fingerprint density at radius 2 is 1.62 bits per heavy atom. The van der Waals surface area contributed by atoms with Gasteiger partial charge in [0, 0.05) is 28.5 Å². The van der Waals surface area contributed by atoms with E-state index in [2.05, 4.69) is 15.0 Å². The molecule has 0 aliphatic heterocycles. The van der Waals surface area contributed by atoms with E-state index < -0.39 is 10.0 Å². The van der Waals surface area contributed by atoms with Crippen molar-refractivity contribution in [3.8, 4) is 0 Å². The van der Waals surface area contributed by atoms with E-state index in [4.69, 9.17) is 0 Å². The van der Waals surface area contributed by atoms with Crippen molar-refractivity contribution < 1.29 is 13.2 Å². The molecular formula is C22H17N3O3S. The number of fused-ring (bicyclic) bond motifs is 1. The number of carbonyl (C=O) groups is 1. The normalized spacial score (nSPS) is 11.2. The summed E-state index contributed by atoms with van der Waals surface area (Å²) in [5.41, 5.74) is 2.11. The molecule has 0 saturated carbocycles. The molecule has 3 aromatic carbocycles. The van der Waals surface area contributed by atoms with Gasteiger partial charge in [0.25, 0.3) is 15.9 Å². The Labute approximate surface area is 168 Å². The van der Waals surface area contributed by atoms with Crippen LogP contribution in [-0.2, 0) is 10.0 Å². The molecule has 0 spiro atoms. The second-order valence-corrected chi connectivity index (χ2v) is 8.05. The summed E-state index contributed by atoms with van der Waals surface area (Å²) in [7, 11) is -3.73. The van der Waals surface area contributed by atoms with E-state index in [1.165, 1.54) is 18.2 Å². The molecule has 2 N–H and O–H groups in total. The zero-order valence-corrected chi connectivity index (χ0v) is 16.1. The van der Waals surface area contributed by atoms with Gasteiger partial charge in [0.15, 0.2) is 0 Å². The third-order valence-electron chi connectivity index (χ3n) is 4.29. The summed E-state index contributed by atoms with van der Waals surface area (Å²) >= 11 is 0. The number of anilines is 2. The molecule has 0 fully saturated rings. The van der Waals surface area contributed by atoms with Gasteiger partial charge in [0.2, 0.25) is 0 Å². The molecular weight excluding hydrogens is 386 g/mol. The van der Waals surface area contributed by atoms with Gasteiger partial charge in [-0.1, -0.05) is 30.3 Å². The van der Waals surface area contributed by atoms with Crippen molar-refractivity contribution in [3.05, 3.63) is 96.7 Å². The smallest absolute Gasteiger partial charge is 0.261 e. The molecule has 144 valence electrons. The first-order valence-electron chi connectivity index (χ1n) is 8.85. The third kappa shape index (κ3) is 4.25. The molecule has 0 radical (unpaired) electrons. The lowest BCUT2D eigenvalue weighted by atomic mass is 10.1. The van der Waals surface area contributed by atoms with E-state index in [-0.39, 0.29) is 10.8 Å². The molecule has 0 unspecified atom stereocenters. The number of carbonyl (C=O) groups excluding carboxylic acids is 1. The number of aromatic nitrogens is 1. The summed E-state index contributed by atoms with van der Waals surface area (Å²) in [5, 5.41) is 3.74. The van der Waals surface area contributed by atoms with Crippen LogP contribution in [0.1, 0.15) is 10.4 Å². The largest absolute Gasteiger partial charge is 0.322 e. The highest BCUT2D eigenvalue weighted by atomic mass is 32.2. The standard InChI is InChI=1S/C22H17N3O3S/c26-22(24-18-11-12-21-16(14-18)7-5-13-23-21)17-6-4-8-19(15-17)25-29(27,28)20-9-2-1-3-10-20/h1-15,25H,(H,24,26). The Morgan fingerprint density at radius 1 is 0.793 bits per heavy atom. The second-order valence-electron chi connectivity index (χ2n) is 6.36. The van der Waals surface area contributed by atoms with Crippen LogP contribution in [0.3, 0.4) is 0 Å². The van der Waals surface area contributed by atoms with Gasteiger partial charge in [-0.25, -0.2) is 8.42 Å². The molecule has 0 aliphatic rings. The molecule has 4 aromatic rings. The molecule has 6 nitrogen and oxygen atoms in total. The first kappa shape index (κ1) is 18.6. The van der Waals surface area contributed by atoms with E-state index >= 15 is 0 Å². The number of hydrogen-bond acceptors (Lipinski definition) is 4. The van der Waals surface area contributed by atoms with E-state index in [9.17, 15) is 13.2 Å². The van der Waals surface area contributed by atoms with Gasteiger partial charge in [-0.2, -0.15) is 0 Å². The first-order chi connectivity index (χ1) is 14.0. The van der Waals surface area contributed by atoms with Crippen molar-refractivity contribution in [2.75, 3.05) is 10.0 Å². The fourth-order valence-electron chi connectivity index (χ4n) is 2.89. The Balaban J connectivity index is 1.54. The predicted molar refractivity (Wildman–Crippen MR) is 113 cm³/mol. The van der Waals surface area contributed by atoms with Crippen molar-refractivity contribution in [2.45, 2.75) is 4.90 Å². The summed E-state index contributed by atoms with van der Waals surface area (Å²) in [4.78, 5) is 17.0. The lowest BCUT2D eigenvalue weighted by molar-refractivity contribution is 0.102. The van der Waals surface area contributed by atoms with Crippen LogP contribution in [0.25, 0.3) is 10.9 Å². The highest BCUT2D eigenvalue weighted by molar-refractivity contribution is 7.92. The minimum absolute atomic E-state index is 0.152. The van der Waals surface area contributed by atoms with Crippen molar-refractivity contribution in [3.63, 3.8) is 0 Å². The molecule has 7 heteroatoms. The molecule has 0 atom stereocenters. The number of nitrogens with one attached hydrogen (secondary N) is 2. The van der Waals surface area contributed by atoms with Gasteiger partial charge in [0.05, 0.1) is 10.4 Å². The Kier molecular flexibility index (Phi) is 4.97. The summed E-state index contributed by atoms with van der Waals surface area (Å²) in [6, 6.07) is 23.6. The molecule has 1 heterocycles. The van der Waals surface area contributed by atoms with E-state index in [0.717, 1.165) is 10.9 Å². The summed E-state index contributed by atoms with van der Waals surface area (Å²) in [6.07, 6.45) is 1.71. The average Bonchev–Trinajstić information content (AvgIpc) is 2.74. The van der Waals surface area contributed by atoms with Gasteiger partial charge >= 0.3 is 0 Å². The van der Waals surface area contributed by atoms with Crippen LogP contribution in [0.15, 0.2) is 96.0 Å². The maximum atomic E-state index is 12.6. The highest BCUT2D eigenvalue weighted by Crippen LogP contribution is 2.20. The van der Waals surface area contributed by atoms with Crippen molar-refractivity contribution in [1.29, 1.82) is 0 Å².